The van der Waals surface area contributed by atoms with Crippen molar-refractivity contribution in [2.24, 2.45) is 0 Å². The van der Waals surface area contributed by atoms with Gasteiger partial charge in [0.2, 0.25) is 5.89 Å². The number of nitrogens with zero attached hydrogens (tertiary/aromatic N) is 2. The van der Waals surface area contributed by atoms with Gasteiger partial charge in [-0.1, -0.05) is 5.16 Å². The maximum absolute atomic E-state index is 5.89. The molecule has 2 aliphatic heterocycles. The first kappa shape index (κ1) is 12.8. The largest absolute Gasteiger partial charge is 0.374 e. The predicted octanol–water partition coefficient (Wildman–Crippen LogP) is 2.35. The zero-order chi connectivity index (χ0) is 13.5. The molecule has 0 aromatic carbocycles. The Balaban J connectivity index is 1.43. The van der Waals surface area contributed by atoms with Crippen molar-refractivity contribution in [3.63, 3.8) is 0 Å². The third-order valence-corrected chi connectivity index (χ3v) is 5.38. The second kappa shape index (κ2) is 5.11. The van der Waals surface area contributed by atoms with E-state index in [0.29, 0.717) is 30.1 Å². The van der Waals surface area contributed by atoms with Gasteiger partial charge in [-0.15, -0.1) is 0 Å². The van der Waals surface area contributed by atoms with Crippen molar-refractivity contribution >= 4 is 0 Å². The SMILES string of the molecule is CNC1CCC(c2nc(C3CC4CCC3O4)no2)CC1. The van der Waals surface area contributed by atoms with Crippen LogP contribution in [-0.4, -0.2) is 35.4 Å². The molecular weight excluding hydrogens is 254 g/mol. The molecule has 20 heavy (non-hydrogen) atoms. The minimum absolute atomic E-state index is 0.338. The molecule has 2 saturated heterocycles. The predicted molar refractivity (Wildman–Crippen MR) is 73.6 cm³/mol. The third kappa shape index (κ3) is 2.17. The molecule has 1 aliphatic carbocycles. The smallest absolute Gasteiger partial charge is 0.229 e. The molecule has 3 heterocycles. The molecule has 5 nitrogen and oxygen atoms in total. The Bertz CT molecular complexity index is 467. The normalized spacial score (nSPS) is 40.4. The van der Waals surface area contributed by atoms with Gasteiger partial charge in [0.15, 0.2) is 5.82 Å². The van der Waals surface area contributed by atoms with Crippen LogP contribution in [0.1, 0.15) is 68.5 Å². The summed E-state index contributed by atoms with van der Waals surface area (Å²) >= 11 is 0. The number of aromatic nitrogens is 2. The van der Waals surface area contributed by atoms with Crippen molar-refractivity contribution in [1.29, 1.82) is 0 Å². The topological polar surface area (TPSA) is 60.2 Å². The molecule has 110 valence electrons. The van der Waals surface area contributed by atoms with Gasteiger partial charge in [0.25, 0.3) is 0 Å². The van der Waals surface area contributed by atoms with Crippen LogP contribution in [0.25, 0.3) is 0 Å². The Hall–Kier alpha value is -0.940. The van der Waals surface area contributed by atoms with Gasteiger partial charge in [0, 0.05) is 12.0 Å². The third-order valence-electron chi connectivity index (χ3n) is 5.38. The van der Waals surface area contributed by atoms with E-state index in [-0.39, 0.29) is 0 Å². The van der Waals surface area contributed by atoms with E-state index in [1.165, 1.54) is 19.3 Å². The van der Waals surface area contributed by atoms with Crippen LogP contribution in [-0.2, 0) is 4.74 Å². The Morgan fingerprint density at radius 1 is 1.10 bits per heavy atom. The molecule has 0 radical (unpaired) electrons. The van der Waals surface area contributed by atoms with Gasteiger partial charge >= 0.3 is 0 Å². The summed E-state index contributed by atoms with van der Waals surface area (Å²) < 4.78 is 11.4. The van der Waals surface area contributed by atoms with Crippen LogP contribution in [0.3, 0.4) is 0 Å². The fourth-order valence-electron chi connectivity index (χ4n) is 4.10. The monoisotopic (exact) mass is 277 g/mol. The molecule has 0 spiro atoms. The zero-order valence-corrected chi connectivity index (χ0v) is 12.0. The van der Waals surface area contributed by atoms with Gasteiger partial charge in [0.05, 0.1) is 18.1 Å². The first-order chi connectivity index (χ1) is 9.83. The fourth-order valence-corrected chi connectivity index (χ4v) is 4.10. The van der Waals surface area contributed by atoms with E-state index >= 15 is 0 Å². The molecule has 3 unspecified atom stereocenters. The summed E-state index contributed by atoms with van der Waals surface area (Å²) in [5.74, 6) is 2.58. The molecule has 1 N–H and O–H groups in total. The first-order valence-corrected chi connectivity index (χ1v) is 7.99. The minimum Gasteiger partial charge on any atom is -0.374 e. The molecule has 3 atom stereocenters. The molecule has 1 aromatic heterocycles. The number of rotatable bonds is 3. The Labute approximate surface area is 119 Å². The van der Waals surface area contributed by atoms with Gasteiger partial charge in [-0.05, 0) is 52.0 Å². The van der Waals surface area contributed by atoms with Crippen LogP contribution in [0.2, 0.25) is 0 Å². The van der Waals surface area contributed by atoms with E-state index in [0.717, 1.165) is 37.4 Å². The summed E-state index contributed by atoms with van der Waals surface area (Å²) in [7, 11) is 2.05. The average Bonchev–Trinajstić information content (AvgIpc) is 3.23. The van der Waals surface area contributed by atoms with Gasteiger partial charge < -0.3 is 14.6 Å². The number of hydrogen-bond donors (Lipinski definition) is 1. The molecular formula is C15H23N3O2. The lowest BCUT2D eigenvalue weighted by molar-refractivity contribution is 0.0996. The summed E-state index contributed by atoms with van der Waals surface area (Å²) in [4.78, 5) is 4.71. The van der Waals surface area contributed by atoms with Crippen molar-refractivity contribution < 1.29 is 9.26 Å². The quantitative estimate of drug-likeness (QED) is 0.919. The van der Waals surface area contributed by atoms with Gasteiger partial charge in [-0.25, -0.2) is 0 Å². The van der Waals surface area contributed by atoms with E-state index in [2.05, 4.69) is 10.5 Å². The lowest BCUT2D eigenvalue weighted by Gasteiger charge is -2.25. The standard InChI is InChI=1S/C15H23N3O2/c1-16-10-4-2-9(3-5-10)15-17-14(18-20-15)12-8-11-6-7-13(12)19-11/h9-13,16H,2-8H2,1H3. The van der Waals surface area contributed by atoms with E-state index in [9.17, 15) is 0 Å². The fraction of sp³-hybridized carbons (Fsp3) is 0.867. The average molecular weight is 277 g/mol. The summed E-state index contributed by atoms with van der Waals surface area (Å²) in [6.07, 6.45) is 8.94. The van der Waals surface area contributed by atoms with Crippen molar-refractivity contribution in [2.45, 2.75) is 75.0 Å². The molecule has 3 fully saturated rings. The molecule has 1 saturated carbocycles. The van der Waals surface area contributed by atoms with Crippen molar-refractivity contribution in [1.82, 2.24) is 15.5 Å². The second-order valence-corrected chi connectivity index (χ2v) is 6.54. The summed E-state index contributed by atoms with van der Waals surface area (Å²) in [5, 5.41) is 7.61. The Kier molecular flexibility index (Phi) is 3.27. The molecule has 2 bridgehead atoms. The van der Waals surface area contributed by atoms with E-state index in [1.54, 1.807) is 0 Å². The number of ether oxygens (including phenoxy) is 1. The molecule has 0 amide bonds. The maximum atomic E-state index is 5.89. The lowest BCUT2D eigenvalue weighted by atomic mass is 9.86. The zero-order valence-electron chi connectivity index (χ0n) is 12.0. The maximum Gasteiger partial charge on any atom is 0.229 e. The molecule has 1 aromatic rings. The van der Waals surface area contributed by atoms with E-state index < -0.39 is 0 Å². The summed E-state index contributed by atoms with van der Waals surface area (Å²) in [5.41, 5.74) is 0. The highest BCUT2D eigenvalue weighted by Gasteiger charge is 2.44. The number of nitrogens with one attached hydrogen (secondary N) is 1. The first-order valence-electron chi connectivity index (χ1n) is 7.99. The molecule has 3 aliphatic rings. The molecule has 4 rings (SSSR count). The highest BCUT2D eigenvalue weighted by atomic mass is 16.5. The van der Waals surface area contributed by atoms with E-state index in [4.69, 9.17) is 14.2 Å². The van der Waals surface area contributed by atoms with Crippen molar-refractivity contribution in [2.75, 3.05) is 7.05 Å². The second-order valence-electron chi connectivity index (χ2n) is 6.54. The van der Waals surface area contributed by atoms with Gasteiger partial charge in [-0.2, -0.15) is 4.98 Å². The van der Waals surface area contributed by atoms with Crippen molar-refractivity contribution in [3.8, 4) is 0 Å². The number of hydrogen-bond acceptors (Lipinski definition) is 5. The lowest BCUT2D eigenvalue weighted by Crippen LogP contribution is -2.29. The minimum atomic E-state index is 0.338. The van der Waals surface area contributed by atoms with Gasteiger partial charge in [-0.3, -0.25) is 0 Å². The van der Waals surface area contributed by atoms with Crippen LogP contribution in [0.15, 0.2) is 4.52 Å². The molecule has 5 heteroatoms. The summed E-state index contributed by atoms with van der Waals surface area (Å²) in [6.45, 7) is 0. The van der Waals surface area contributed by atoms with E-state index in [1.807, 2.05) is 7.05 Å². The van der Waals surface area contributed by atoms with Crippen LogP contribution in [0.4, 0.5) is 0 Å². The highest BCUT2D eigenvalue weighted by molar-refractivity contribution is 5.08. The van der Waals surface area contributed by atoms with Crippen LogP contribution in [0, 0.1) is 0 Å². The van der Waals surface area contributed by atoms with Crippen LogP contribution < -0.4 is 5.32 Å². The Morgan fingerprint density at radius 2 is 1.95 bits per heavy atom. The highest BCUT2D eigenvalue weighted by Crippen LogP contribution is 2.44. The van der Waals surface area contributed by atoms with Gasteiger partial charge in [0.1, 0.15) is 0 Å². The van der Waals surface area contributed by atoms with Crippen LogP contribution in [0.5, 0.6) is 0 Å². The summed E-state index contributed by atoms with van der Waals surface area (Å²) in [6, 6.07) is 0.660. The van der Waals surface area contributed by atoms with Crippen molar-refractivity contribution in [3.05, 3.63) is 11.7 Å². The van der Waals surface area contributed by atoms with Crippen LogP contribution >= 0.6 is 0 Å². The number of fused-ring (bicyclic) bond motifs is 2. The Morgan fingerprint density at radius 3 is 2.60 bits per heavy atom.